The lowest BCUT2D eigenvalue weighted by Crippen LogP contribution is -2.48. The predicted octanol–water partition coefficient (Wildman–Crippen LogP) is 3.34. The van der Waals surface area contributed by atoms with Gasteiger partial charge in [-0.25, -0.2) is 4.39 Å². The molecule has 1 rings (SSSR count). The third-order valence-electron chi connectivity index (χ3n) is 3.34. The van der Waals surface area contributed by atoms with Crippen LogP contribution in [0.1, 0.15) is 39.5 Å². The molecule has 0 aromatic carbocycles. The molecule has 0 aromatic heterocycles. The van der Waals surface area contributed by atoms with Crippen molar-refractivity contribution in [3.63, 3.8) is 0 Å². The zero-order valence-corrected chi connectivity index (χ0v) is 9.20. The highest BCUT2D eigenvalue weighted by Crippen LogP contribution is 2.40. The standard InChI is InChI=1S/C12H20FN/c1-5-14-12(10(2)3)8-6-11(4,13)7-9-12/h5,14H,1-2,6-9H2,3-4H3. The Morgan fingerprint density at radius 3 is 2.21 bits per heavy atom. The molecule has 0 aliphatic heterocycles. The summed E-state index contributed by atoms with van der Waals surface area (Å²) in [5.74, 6) is 0. The van der Waals surface area contributed by atoms with Crippen LogP contribution in [0, 0.1) is 0 Å². The molecule has 1 N–H and O–H groups in total. The Morgan fingerprint density at radius 2 is 1.86 bits per heavy atom. The highest BCUT2D eigenvalue weighted by atomic mass is 19.1. The van der Waals surface area contributed by atoms with E-state index >= 15 is 0 Å². The van der Waals surface area contributed by atoms with Gasteiger partial charge in [0, 0.05) is 0 Å². The third-order valence-corrected chi connectivity index (χ3v) is 3.34. The second-order valence-electron chi connectivity index (χ2n) is 4.62. The zero-order valence-electron chi connectivity index (χ0n) is 9.20. The van der Waals surface area contributed by atoms with E-state index < -0.39 is 5.67 Å². The van der Waals surface area contributed by atoms with Crippen molar-refractivity contribution in [2.45, 2.75) is 50.7 Å². The van der Waals surface area contributed by atoms with Crippen LogP contribution in [-0.2, 0) is 0 Å². The topological polar surface area (TPSA) is 12.0 Å². The molecular weight excluding hydrogens is 177 g/mol. The monoisotopic (exact) mass is 197 g/mol. The minimum absolute atomic E-state index is 0.118. The number of rotatable bonds is 3. The van der Waals surface area contributed by atoms with Crippen LogP contribution in [0.5, 0.6) is 0 Å². The molecular formula is C12H20FN. The molecule has 0 radical (unpaired) electrons. The van der Waals surface area contributed by atoms with Crippen molar-refractivity contribution >= 4 is 0 Å². The van der Waals surface area contributed by atoms with Crippen molar-refractivity contribution in [1.82, 2.24) is 5.32 Å². The first-order valence-electron chi connectivity index (χ1n) is 5.15. The summed E-state index contributed by atoms with van der Waals surface area (Å²) in [5.41, 5.74) is -0.0392. The quantitative estimate of drug-likeness (QED) is 0.684. The van der Waals surface area contributed by atoms with Crippen LogP contribution in [0.2, 0.25) is 0 Å². The number of halogens is 1. The normalized spacial score (nSPS) is 37.6. The number of hydrogen-bond acceptors (Lipinski definition) is 1. The fourth-order valence-electron chi connectivity index (χ4n) is 2.09. The molecule has 0 atom stereocenters. The van der Waals surface area contributed by atoms with E-state index in [1.807, 2.05) is 6.92 Å². The van der Waals surface area contributed by atoms with Crippen LogP contribution in [0.3, 0.4) is 0 Å². The first kappa shape index (κ1) is 11.3. The largest absolute Gasteiger partial charge is 0.382 e. The number of hydrogen-bond donors (Lipinski definition) is 1. The van der Waals surface area contributed by atoms with Gasteiger partial charge in [0.2, 0.25) is 0 Å². The van der Waals surface area contributed by atoms with E-state index in [0.717, 1.165) is 18.4 Å². The first-order chi connectivity index (χ1) is 6.42. The van der Waals surface area contributed by atoms with Gasteiger partial charge in [-0.2, -0.15) is 0 Å². The maximum absolute atomic E-state index is 13.6. The van der Waals surface area contributed by atoms with Crippen LogP contribution in [0.4, 0.5) is 4.39 Å². The van der Waals surface area contributed by atoms with E-state index in [2.05, 4.69) is 18.5 Å². The fraction of sp³-hybridized carbons (Fsp3) is 0.667. The van der Waals surface area contributed by atoms with Crippen molar-refractivity contribution in [1.29, 1.82) is 0 Å². The van der Waals surface area contributed by atoms with E-state index in [1.165, 1.54) is 0 Å². The second kappa shape index (κ2) is 3.76. The molecule has 0 bridgehead atoms. The molecule has 1 aliphatic rings. The average Bonchev–Trinajstić information content (AvgIpc) is 2.09. The van der Waals surface area contributed by atoms with Crippen molar-refractivity contribution in [3.05, 3.63) is 24.9 Å². The highest BCUT2D eigenvalue weighted by Gasteiger charge is 2.40. The smallest absolute Gasteiger partial charge is 0.108 e. The Morgan fingerprint density at radius 1 is 1.36 bits per heavy atom. The van der Waals surface area contributed by atoms with Gasteiger partial charge in [0.05, 0.1) is 5.54 Å². The van der Waals surface area contributed by atoms with Crippen LogP contribution in [0.25, 0.3) is 0 Å². The lowest BCUT2D eigenvalue weighted by molar-refractivity contribution is 0.0933. The summed E-state index contributed by atoms with van der Waals surface area (Å²) in [7, 11) is 0. The first-order valence-corrected chi connectivity index (χ1v) is 5.15. The summed E-state index contributed by atoms with van der Waals surface area (Å²) in [5, 5.41) is 3.23. The van der Waals surface area contributed by atoms with Gasteiger partial charge >= 0.3 is 0 Å². The van der Waals surface area contributed by atoms with Crippen LogP contribution in [-0.4, -0.2) is 11.2 Å². The summed E-state index contributed by atoms with van der Waals surface area (Å²) in [6.45, 7) is 11.3. The number of nitrogens with one attached hydrogen (secondary N) is 1. The molecule has 0 saturated heterocycles. The van der Waals surface area contributed by atoms with Crippen molar-refractivity contribution < 1.29 is 4.39 Å². The third kappa shape index (κ3) is 2.17. The predicted molar refractivity (Wildman–Crippen MR) is 58.9 cm³/mol. The van der Waals surface area contributed by atoms with Crippen molar-refractivity contribution in [3.8, 4) is 0 Å². The van der Waals surface area contributed by atoms with E-state index in [9.17, 15) is 4.39 Å². The fourth-order valence-corrected chi connectivity index (χ4v) is 2.09. The van der Waals surface area contributed by atoms with Gasteiger partial charge in [0.15, 0.2) is 0 Å². The summed E-state index contributed by atoms with van der Waals surface area (Å²) in [4.78, 5) is 0. The average molecular weight is 197 g/mol. The maximum atomic E-state index is 13.6. The van der Waals surface area contributed by atoms with Gasteiger partial charge in [0.25, 0.3) is 0 Å². The summed E-state index contributed by atoms with van der Waals surface area (Å²) < 4.78 is 13.6. The summed E-state index contributed by atoms with van der Waals surface area (Å²) >= 11 is 0. The summed E-state index contributed by atoms with van der Waals surface area (Å²) in [6.07, 6.45) is 4.50. The van der Waals surface area contributed by atoms with Gasteiger partial charge in [0.1, 0.15) is 5.67 Å². The molecule has 2 heteroatoms. The summed E-state index contributed by atoms with van der Waals surface area (Å²) in [6, 6.07) is 0. The minimum atomic E-state index is -0.998. The van der Waals surface area contributed by atoms with Gasteiger partial charge in [-0.1, -0.05) is 18.7 Å². The lowest BCUT2D eigenvalue weighted by atomic mass is 9.72. The molecule has 1 fully saturated rings. The van der Waals surface area contributed by atoms with Crippen molar-refractivity contribution in [2.24, 2.45) is 0 Å². The zero-order chi connectivity index (χ0) is 10.8. The van der Waals surface area contributed by atoms with Gasteiger partial charge in [-0.05, 0) is 45.7 Å². The highest BCUT2D eigenvalue weighted by molar-refractivity contribution is 5.18. The maximum Gasteiger partial charge on any atom is 0.108 e. The van der Waals surface area contributed by atoms with Crippen LogP contribution < -0.4 is 5.32 Å². The van der Waals surface area contributed by atoms with Crippen LogP contribution >= 0.6 is 0 Å². The minimum Gasteiger partial charge on any atom is -0.382 e. The van der Waals surface area contributed by atoms with E-state index in [1.54, 1.807) is 13.1 Å². The second-order valence-corrected chi connectivity index (χ2v) is 4.62. The molecule has 0 amide bonds. The van der Waals surface area contributed by atoms with Crippen molar-refractivity contribution in [2.75, 3.05) is 0 Å². The number of alkyl halides is 1. The Balaban J connectivity index is 2.74. The lowest BCUT2D eigenvalue weighted by Gasteiger charge is -2.42. The Hall–Kier alpha value is -0.790. The van der Waals surface area contributed by atoms with E-state index in [0.29, 0.717) is 12.8 Å². The molecule has 0 aromatic rings. The molecule has 80 valence electrons. The molecule has 1 nitrogen and oxygen atoms in total. The molecule has 1 aliphatic carbocycles. The molecule has 14 heavy (non-hydrogen) atoms. The Labute approximate surface area is 86.1 Å². The molecule has 0 heterocycles. The SMILES string of the molecule is C=CNC1(C(=C)C)CCC(C)(F)CC1. The van der Waals surface area contributed by atoms with Gasteiger partial charge in [-0.15, -0.1) is 0 Å². The van der Waals surface area contributed by atoms with E-state index in [-0.39, 0.29) is 5.54 Å². The molecule has 1 saturated carbocycles. The van der Waals surface area contributed by atoms with E-state index in [4.69, 9.17) is 0 Å². The van der Waals surface area contributed by atoms with Crippen LogP contribution in [0.15, 0.2) is 24.9 Å². The molecule has 0 spiro atoms. The Kier molecular flexibility index (Phi) is 3.03. The Bertz CT molecular complexity index is 233. The molecule has 0 unspecified atom stereocenters. The van der Waals surface area contributed by atoms with Gasteiger partial charge in [-0.3, -0.25) is 0 Å². The van der Waals surface area contributed by atoms with Gasteiger partial charge < -0.3 is 5.32 Å².